The fraction of sp³-hybridized carbons (Fsp3) is 0.593. The number of ether oxygens (including phenoxy) is 1. The highest BCUT2D eigenvalue weighted by Crippen LogP contribution is 2.62. The van der Waals surface area contributed by atoms with Crippen molar-refractivity contribution in [3.05, 3.63) is 59.2 Å². The summed E-state index contributed by atoms with van der Waals surface area (Å²) in [5.74, 6) is 1.59. The van der Waals surface area contributed by atoms with Crippen LogP contribution in [0.1, 0.15) is 71.8 Å². The molecule has 0 saturated heterocycles. The van der Waals surface area contributed by atoms with E-state index in [1.807, 2.05) is 30.3 Å². The van der Waals surface area contributed by atoms with E-state index in [1.165, 1.54) is 19.3 Å². The molecule has 0 bridgehead atoms. The highest BCUT2D eigenvalue weighted by atomic mass is 16.5. The van der Waals surface area contributed by atoms with E-state index in [4.69, 9.17) is 4.74 Å². The summed E-state index contributed by atoms with van der Waals surface area (Å²) in [6, 6.07) is 10.0. The van der Waals surface area contributed by atoms with Crippen LogP contribution in [0.2, 0.25) is 0 Å². The summed E-state index contributed by atoms with van der Waals surface area (Å²) >= 11 is 0. The minimum absolute atomic E-state index is 0.00310. The molecule has 0 aliphatic heterocycles. The predicted octanol–water partition coefficient (Wildman–Crippen LogP) is 6.87. The highest BCUT2D eigenvalue weighted by Gasteiger charge is 2.57. The van der Waals surface area contributed by atoms with Gasteiger partial charge >= 0.3 is 5.97 Å². The summed E-state index contributed by atoms with van der Waals surface area (Å²) in [4.78, 5) is 13.3. The molecule has 1 saturated carbocycles. The lowest BCUT2D eigenvalue weighted by Gasteiger charge is -2.57. The maximum atomic E-state index is 13.3. The van der Waals surface area contributed by atoms with Gasteiger partial charge in [0.1, 0.15) is 6.61 Å². The van der Waals surface area contributed by atoms with E-state index >= 15 is 0 Å². The Hall–Kier alpha value is -1.83. The van der Waals surface area contributed by atoms with Crippen molar-refractivity contribution in [1.29, 1.82) is 0 Å². The molecule has 1 unspecified atom stereocenters. The Bertz CT molecular complexity index is 818. The fourth-order valence-electron chi connectivity index (χ4n) is 6.48. The van der Waals surface area contributed by atoms with Crippen LogP contribution in [0.3, 0.4) is 0 Å². The molecule has 4 rings (SSSR count). The molecule has 156 valence electrons. The van der Waals surface area contributed by atoms with Crippen molar-refractivity contribution in [3.8, 4) is 0 Å². The Labute approximate surface area is 176 Å². The molecular weight excluding hydrogens is 356 g/mol. The first-order valence-electron chi connectivity index (χ1n) is 11.5. The Morgan fingerprint density at radius 1 is 1.17 bits per heavy atom. The van der Waals surface area contributed by atoms with Crippen LogP contribution in [-0.2, 0) is 16.1 Å². The monoisotopic (exact) mass is 392 g/mol. The van der Waals surface area contributed by atoms with Gasteiger partial charge in [-0.2, -0.15) is 0 Å². The summed E-state index contributed by atoms with van der Waals surface area (Å²) in [6.45, 7) is 9.63. The van der Waals surface area contributed by atoms with Crippen LogP contribution in [-0.4, -0.2) is 5.97 Å². The highest BCUT2D eigenvalue weighted by molar-refractivity contribution is 5.77. The summed E-state index contributed by atoms with van der Waals surface area (Å²) < 4.78 is 5.88. The van der Waals surface area contributed by atoms with Crippen molar-refractivity contribution in [3.63, 3.8) is 0 Å². The summed E-state index contributed by atoms with van der Waals surface area (Å²) in [7, 11) is 0. The molecule has 0 amide bonds. The van der Waals surface area contributed by atoms with Crippen molar-refractivity contribution in [2.24, 2.45) is 28.6 Å². The predicted molar refractivity (Wildman–Crippen MR) is 118 cm³/mol. The minimum Gasteiger partial charge on any atom is -0.460 e. The molecule has 2 nitrogen and oxygen atoms in total. The SMILES string of the molecule is CC(C)C1=CC2=CCC3[C@](C)(C(=O)OCc4ccccc4)CCC[C@]3(C)[C@H]2CC1. The number of fused-ring (bicyclic) bond motifs is 3. The molecule has 0 N–H and O–H groups in total. The van der Waals surface area contributed by atoms with Gasteiger partial charge in [0.05, 0.1) is 5.41 Å². The van der Waals surface area contributed by atoms with Gasteiger partial charge in [-0.15, -0.1) is 0 Å². The topological polar surface area (TPSA) is 26.3 Å². The smallest absolute Gasteiger partial charge is 0.312 e. The summed E-state index contributed by atoms with van der Waals surface area (Å²) in [5.41, 5.74) is 4.01. The van der Waals surface area contributed by atoms with Crippen LogP contribution in [0.25, 0.3) is 0 Å². The zero-order valence-corrected chi connectivity index (χ0v) is 18.5. The number of rotatable bonds is 4. The Kier molecular flexibility index (Phi) is 5.48. The third-order valence-electron chi connectivity index (χ3n) is 8.26. The van der Waals surface area contributed by atoms with Gasteiger partial charge in [0.25, 0.3) is 0 Å². The van der Waals surface area contributed by atoms with E-state index in [-0.39, 0.29) is 16.8 Å². The van der Waals surface area contributed by atoms with Crippen molar-refractivity contribution in [1.82, 2.24) is 0 Å². The Morgan fingerprint density at radius 2 is 1.93 bits per heavy atom. The quantitative estimate of drug-likeness (QED) is 0.523. The van der Waals surface area contributed by atoms with Crippen LogP contribution in [0.5, 0.6) is 0 Å². The first kappa shape index (κ1) is 20.4. The molecule has 0 spiro atoms. The second-order valence-electron chi connectivity index (χ2n) is 10.3. The largest absolute Gasteiger partial charge is 0.460 e. The average Bonchev–Trinajstić information content (AvgIpc) is 2.72. The van der Waals surface area contributed by atoms with Gasteiger partial charge in [-0.3, -0.25) is 4.79 Å². The maximum Gasteiger partial charge on any atom is 0.312 e. The lowest BCUT2D eigenvalue weighted by atomic mass is 9.47. The average molecular weight is 393 g/mol. The summed E-state index contributed by atoms with van der Waals surface area (Å²) in [6.07, 6.45) is 11.7. The Balaban J connectivity index is 1.57. The van der Waals surface area contributed by atoms with Crippen LogP contribution < -0.4 is 0 Å². The molecule has 3 aliphatic rings. The normalized spacial score (nSPS) is 34.0. The molecular formula is C27H36O2. The van der Waals surface area contributed by atoms with Gasteiger partial charge in [0.2, 0.25) is 0 Å². The third-order valence-corrected chi connectivity index (χ3v) is 8.26. The van der Waals surface area contributed by atoms with Gasteiger partial charge < -0.3 is 4.74 Å². The number of benzene rings is 1. The molecule has 1 aromatic rings. The molecule has 0 heterocycles. The summed E-state index contributed by atoms with van der Waals surface area (Å²) in [5, 5.41) is 0. The van der Waals surface area contributed by atoms with Crippen LogP contribution in [0.15, 0.2) is 53.6 Å². The van der Waals surface area contributed by atoms with E-state index in [9.17, 15) is 4.79 Å². The van der Waals surface area contributed by atoms with Gasteiger partial charge in [-0.05, 0) is 73.3 Å². The van der Waals surface area contributed by atoms with Gasteiger partial charge in [0.15, 0.2) is 0 Å². The van der Waals surface area contributed by atoms with Crippen LogP contribution in [0, 0.1) is 28.6 Å². The zero-order valence-electron chi connectivity index (χ0n) is 18.5. The molecule has 2 heteroatoms. The molecule has 0 radical (unpaired) electrons. The van der Waals surface area contributed by atoms with Crippen LogP contribution >= 0.6 is 0 Å². The number of allylic oxidation sites excluding steroid dienone is 4. The molecule has 1 fully saturated rings. The molecule has 1 aromatic carbocycles. The van der Waals surface area contributed by atoms with Gasteiger partial charge in [-0.1, -0.05) is 75.2 Å². The number of hydrogen-bond donors (Lipinski definition) is 0. The lowest BCUT2D eigenvalue weighted by Crippen LogP contribution is -2.53. The fourth-order valence-corrected chi connectivity index (χ4v) is 6.48. The molecule has 29 heavy (non-hydrogen) atoms. The molecule has 3 aliphatic carbocycles. The number of carbonyl (C=O) groups excluding carboxylic acids is 1. The van der Waals surface area contributed by atoms with E-state index in [1.54, 1.807) is 11.1 Å². The van der Waals surface area contributed by atoms with Crippen LogP contribution in [0.4, 0.5) is 0 Å². The minimum atomic E-state index is -0.383. The first-order valence-corrected chi connectivity index (χ1v) is 11.5. The van der Waals surface area contributed by atoms with Crippen molar-refractivity contribution in [2.45, 2.75) is 72.8 Å². The van der Waals surface area contributed by atoms with E-state index < -0.39 is 0 Å². The maximum absolute atomic E-state index is 13.3. The van der Waals surface area contributed by atoms with Gasteiger partial charge in [-0.25, -0.2) is 0 Å². The number of esters is 1. The van der Waals surface area contributed by atoms with Crippen molar-refractivity contribution in [2.75, 3.05) is 0 Å². The number of carbonyl (C=O) groups is 1. The Morgan fingerprint density at radius 3 is 2.66 bits per heavy atom. The van der Waals surface area contributed by atoms with E-state index in [0.717, 1.165) is 24.8 Å². The van der Waals surface area contributed by atoms with Crippen molar-refractivity contribution < 1.29 is 9.53 Å². The standard InChI is InChI=1S/C27H36O2/c1-19(2)21-11-13-23-22(17-21)12-14-24-26(23,3)15-8-16-27(24,4)25(28)29-18-20-9-6-5-7-10-20/h5-7,9-10,12,17,19,23-24H,8,11,13-16,18H2,1-4H3/t23-,24?,26+,27+/m0/s1. The van der Waals surface area contributed by atoms with E-state index in [2.05, 4.69) is 39.8 Å². The first-order chi connectivity index (χ1) is 13.8. The second kappa shape index (κ2) is 7.78. The zero-order chi connectivity index (χ0) is 20.6. The lowest BCUT2D eigenvalue weighted by molar-refractivity contribution is -0.170. The molecule has 4 atom stereocenters. The van der Waals surface area contributed by atoms with Crippen molar-refractivity contribution >= 4 is 5.97 Å². The van der Waals surface area contributed by atoms with Gasteiger partial charge in [0, 0.05) is 0 Å². The third kappa shape index (κ3) is 3.60. The van der Waals surface area contributed by atoms with E-state index in [0.29, 0.717) is 24.4 Å². The second-order valence-corrected chi connectivity index (χ2v) is 10.3. The molecule has 0 aromatic heterocycles. The number of hydrogen-bond acceptors (Lipinski definition) is 2.